The number of anilines is 1. The van der Waals surface area contributed by atoms with E-state index >= 15 is 0 Å². The largest absolute Gasteiger partial charge is 0.325 e. The second kappa shape index (κ2) is 5.97. The summed E-state index contributed by atoms with van der Waals surface area (Å²) in [5.41, 5.74) is 3.03. The van der Waals surface area contributed by atoms with Crippen LogP contribution in [0.1, 0.15) is 17.5 Å². The number of hydrogen-bond donors (Lipinski definition) is 1. The van der Waals surface area contributed by atoms with Gasteiger partial charge in [-0.25, -0.2) is 0 Å². The van der Waals surface area contributed by atoms with Crippen molar-refractivity contribution in [3.05, 3.63) is 40.1 Å². The number of rotatable bonds is 4. The number of nitrogens with one attached hydrogen (secondary N) is 1. The van der Waals surface area contributed by atoms with E-state index in [0.29, 0.717) is 13.0 Å². The number of aryl methyl sites for hydroxylation is 3. The van der Waals surface area contributed by atoms with Gasteiger partial charge in [0.1, 0.15) is 0 Å². The lowest BCUT2D eigenvalue weighted by atomic mass is 10.1. The summed E-state index contributed by atoms with van der Waals surface area (Å²) in [6.07, 6.45) is 3.70. The van der Waals surface area contributed by atoms with E-state index in [4.69, 9.17) is 0 Å². The third kappa shape index (κ3) is 3.64. The molecule has 0 aliphatic carbocycles. The molecular weight excluding hydrogens is 308 g/mol. The molecule has 0 saturated heterocycles. The Morgan fingerprint density at radius 2 is 2.21 bits per heavy atom. The Hall–Kier alpha value is -1.69. The minimum atomic E-state index is -0.0387. The van der Waals surface area contributed by atoms with Crippen LogP contribution < -0.4 is 5.32 Å². The van der Waals surface area contributed by atoms with Gasteiger partial charge in [0.2, 0.25) is 5.91 Å². The van der Waals surface area contributed by atoms with Crippen LogP contribution in [-0.2, 0) is 11.3 Å². The van der Waals surface area contributed by atoms with Gasteiger partial charge in [-0.05, 0) is 47.0 Å². The topological polar surface area (TPSA) is 59.8 Å². The zero-order chi connectivity index (χ0) is 13.8. The van der Waals surface area contributed by atoms with E-state index in [0.717, 1.165) is 21.3 Å². The molecule has 1 amide bonds. The number of aromatic nitrogens is 3. The van der Waals surface area contributed by atoms with E-state index in [1.807, 2.05) is 26.0 Å². The molecule has 2 rings (SSSR count). The van der Waals surface area contributed by atoms with Gasteiger partial charge < -0.3 is 5.32 Å². The first-order chi connectivity index (χ1) is 9.06. The van der Waals surface area contributed by atoms with Gasteiger partial charge in [0, 0.05) is 17.1 Å². The van der Waals surface area contributed by atoms with Gasteiger partial charge in [-0.3, -0.25) is 9.48 Å². The Kier molecular flexibility index (Phi) is 4.31. The maximum atomic E-state index is 11.9. The van der Waals surface area contributed by atoms with Crippen molar-refractivity contribution in [2.75, 3.05) is 5.32 Å². The standard InChI is InChI=1S/C13H15BrN4O/c1-9-7-10(2)13(11(14)8-9)16-12(19)3-5-18-6-4-15-17-18/h4,6-8H,3,5H2,1-2H3,(H,16,19). The number of halogens is 1. The van der Waals surface area contributed by atoms with Crippen molar-refractivity contribution in [2.24, 2.45) is 0 Å². The van der Waals surface area contributed by atoms with Crippen molar-refractivity contribution in [1.29, 1.82) is 0 Å². The molecule has 0 fully saturated rings. The zero-order valence-corrected chi connectivity index (χ0v) is 12.4. The number of carbonyl (C=O) groups excluding carboxylic acids is 1. The van der Waals surface area contributed by atoms with Crippen LogP contribution in [0.2, 0.25) is 0 Å². The molecule has 0 saturated carbocycles. The molecule has 1 N–H and O–H groups in total. The first-order valence-corrected chi connectivity index (χ1v) is 6.76. The van der Waals surface area contributed by atoms with Gasteiger partial charge in [0.25, 0.3) is 0 Å². The van der Waals surface area contributed by atoms with Crippen LogP contribution in [0.5, 0.6) is 0 Å². The summed E-state index contributed by atoms with van der Waals surface area (Å²) in [6, 6.07) is 4.03. The van der Waals surface area contributed by atoms with Crippen LogP contribution >= 0.6 is 15.9 Å². The molecule has 19 heavy (non-hydrogen) atoms. The van der Waals surface area contributed by atoms with Crippen LogP contribution in [0.3, 0.4) is 0 Å². The van der Waals surface area contributed by atoms with Crippen molar-refractivity contribution < 1.29 is 4.79 Å². The van der Waals surface area contributed by atoms with Crippen LogP contribution in [0.25, 0.3) is 0 Å². The monoisotopic (exact) mass is 322 g/mol. The van der Waals surface area contributed by atoms with Crippen LogP contribution in [-0.4, -0.2) is 20.9 Å². The zero-order valence-electron chi connectivity index (χ0n) is 10.9. The number of nitrogens with zero attached hydrogens (tertiary/aromatic N) is 3. The highest BCUT2D eigenvalue weighted by molar-refractivity contribution is 9.10. The summed E-state index contributed by atoms with van der Waals surface area (Å²) >= 11 is 3.47. The quantitative estimate of drug-likeness (QED) is 0.941. The highest BCUT2D eigenvalue weighted by atomic mass is 79.9. The SMILES string of the molecule is Cc1cc(C)c(NC(=O)CCn2ccnn2)c(Br)c1. The molecule has 5 nitrogen and oxygen atoms in total. The van der Waals surface area contributed by atoms with Gasteiger partial charge >= 0.3 is 0 Å². The molecule has 100 valence electrons. The number of benzene rings is 1. The van der Waals surface area contributed by atoms with Crippen molar-refractivity contribution in [3.8, 4) is 0 Å². The first kappa shape index (κ1) is 13.7. The van der Waals surface area contributed by atoms with Gasteiger partial charge in [-0.15, -0.1) is 5.10 Å². The van der Waals surface area contributed by atoms with E-state index in [1.165, 1.54) is 0 Å². The van der Waals surface area contributed by atoms with E-state index in [2.05, 4.69) is 31.6 Å². The highest BCUT2D eigenvalue weighted by Gasteiger charge is 2.09. The van der Waals surface area contributed by atoms with Crippen molar-refractivity contribution in [2.45, 2.75) is 26.8 Å². The van der Waals surface area contributed by atoms with E-state index in [9.17, 15) is 4.79 Å². The third-order valence-electron chi connectivity index (χ3n) is 2.74. The highest BCUT2D eigenvalue weighted by Crippen LogP contribution is 2.27. The fraction of sp³-hybridized carbons (Fsp3) is 0.308. The minimum Gasteiger partial charge on any atom is -0.325 e. The summed E-state index contributed by atoms with van der Waals surface area (Å²) in [6.45, 7) is 4.52. The van der Waals surface area contributed by atoms with Crippen LogP contribution in [0.4, 0.5) is 5.69 Å². The maximum absolute atomic E-state index is 11.9. The van der Waals surface area contributed by atoms with Crippen molar-refractivity contribution in [1.82, 2.24) is 15.0 Å². The Morgan fingerprint density at radius 1 is 1.42 bits per heavy atom. The Morgan fingerprint density at radius 3 is 2.84 bits per heavy atom. The van der Waals surface area contributed by atoms with E-state index in [1.54, 1.807) is 17.1 Å². The predicted molar refractivity (Wildman–Crippen MR) is 76.9 cm³/mol. The average Bonchev–Trinajstić information content (AvgIpc) is 2.84. The molecule has 0 atom stereocenters. The van der Waals surface area contributed by atoms with Gasteiger partial charge in [0.05, 0.1) is 18.4 Å². The summed E-state index contributed by atoms with van der Waals surface area (Å²) in [7, 11) is 0. The third-order valence-corrected chi connectivity index (χ3v) is 3.36. The number of carbonyl (C=O) groups is 1. The van der Waals surface area contributed by atoms with Gasteiger partial charge in [-0.2, -0.15) is 0 Å². The lowest BCUT2D eigenvalue weighted by molar-refractivity contribution is -0.116. The molecule has 0 spiro atoms. The normalized spacial score (nSPS) is 10.5. The first-order valence-electron chi connectivity index (χ1n) is 5.97. The molecule has 0 aliphatic heterocycles. The lowest BCUT2D eigenvalue weighted by Gasteiger charge is -2.11. The number of hydrogen-bond acceptors (Lipinski definition) is 3. The van der Waals surface area contributed by atoms with Crippen molar-refractivity contribution in [3.63, 3.8) is 0 Å². The average molecular weight is 323 g/mol. The molecule has 1 aromatic carbocycles. The van der Waals surface area contributed by atoms with Gasteiger partial charge in [0.15, 0.2) is 0 Å². The molecule has 6 heteroatoms. The lowest BCUT2D eigenvalue weighted by Crippen LogP contribution is -2.16. The summed E-state index contributed by atoms with van der Waals surface area (Å²) in [4.78, 5) is 11.9. The second-order valence-corrected chi connectivity index (χ2v) is 5.26. The van der Waals surface area contributed by atoms with Crippen LogP contribution in [0, 0.1) is 13.8 Å². The van der Waals surface area contributed by atoms with Crippen LogP contribution in [0.15, 0.2) is 29.0 Å². The fourth-order valence-electron chi connectivity index (χ4n) is 1.84. The molecule has 0 unspecified atom stereocenters. The second-order valence-electron chi connectivity index (χ2n) is 4.40. The molecule has 1 heterocycles. The molecule has 0 radical (unpaired) electrons. The van der Waals surface area contributed by atoms with E-state index in [-0.39, 0.29) is 5.91 Å². The molecule has 1 aromatic heterocycles. The molecular formula is C13H15BrN4O. The number of amides is 1. The molecule has 2 aromatic rings. The predicted octanol–water partition coefficient (Wildman–Crippen LogP) is 2.69. The summed E-state index contributed by atoms with van der Waals surface area (Å²) in [5.74, 6) is -0.0387. The maximum Gasteiger partial charge on any atom is 0.226 e. The molecule has 0 bridgehead atoms. The van der Waals surface area contributed by atoms with Gasteiger partial charge in [-0.1, -0.05) is 11.3 Å². The smallest absolute Gasteiger partial charge is 0.226 e. The molecule has 0 aliphatic rings. The Balaban J connectivity index is 1.99. The Labute approximate surface area is 120 Å². The summed E-state index contributed by atoms with van der Waals surface area (Å²) < 4.78 is 2.54. The summed E-state index contributed by atoms with van der Waals surface area (Å²) in [5, 5.41) is 10.4. The fourth-order valence-corrected chi connectivity index (χ4v) is 2.62. The van der Waals surface area contributed by atoms with E-state index < -0.39 is 0 Å². The Bertz CT molecular complexity index is 557. The minimum absolute atomic E-state index is 0.0387. The van der Waals surface area contributed by atoms with Crippen molar-refractivity contribution >= 4 is 27.5 Å².